The van der Waals surface area contributed by atoms with Crippen molar-refractivity contribution >= 4 is 22.4 Å². The van der Waals surface area contributed by atoms with Crippen molar-refractivity contribution in [1.29, 1.82) is 0 Å². The molecule has 0 unspecified atom stereocenters. The molecule has 2 aromatic rings. The van der Waals surface area contributed by atoms with Gasteiger partial charge in [-0.3, -0.25) is 4.63 Å². The van der Waals surface area contributed by atoms with E-state index >= 15 is 0 Å². The summed E-state index contributed by atoms with van der Waals surface area (Å²) in [6.45, 7) is 0. The number of anilines is 2. The monoisotopic (exact) mass is 182 g/mol. The molecular formula is C6H6N4O3. The number of nitrogens with two attached hydrogens (primary N) is 2. The molecule has 13 heavy (non-hydrogen) atoms. The van der Waals surface area contributed by atoms with E-state index in [2.05, 4.69) is 9.79 Å². The highest BCUT2D eigenvalue weighted by Gasteiger charge is 2.19. The first-order valence-electron chi connectivity index (χ1n) is 3.37. The highest BCUT2D eigenvalue weighted by molar-refractivity contribution is 5.95. The van der Waals surface area contributed by atoms with Crippen LogP contribution in [0.4, 0.5) is 11.4 Å². The maximum atomic E-state index is 10.9. The molecule has 2 rings (SSSR count). The Morgan fingerprint density at radius 1 is 1.54 bits per heavy atom. The van der Waals surface area contributed by atoms with Gasteiger partial charge in [-0.05, 0) is 4.90 Å². The number of hydrogen-bond donors (Lipinski definition) is 3. The third-order valence-electron chi connectivity index (χ3n) is 1.71. The van der Waals surface area contributed by atoms with Crippen molar-refractivity contribution in [1.82, 2.24) is 5.16 Å². The fourth-order valence-electron chi connectivity index (χ4n) is 1.08. The molecule has 1 aromatic heterocycles. The molecule has 7 heteroatoms. The number of phenols is 1. The first-order valence-corrected chi connectivity index (χ1v) is 3.37. The summed E-state index contributed by atoms with van der Waals surface area (Å²) in [5, 5.41) is 23.5. The van der Waals surface area contributed by atoms with Crippen LogP contribution in [0.5, 0.6) is 5.75 Å². The van der Waals surface area contributed by atoms with Gasteiger partial charge in [0.25, 0.3) is 11.0 Å². The molecule has 1 heterocycles. The predicted molar refractivity (Wildman–Crippen MR) is 43.5 cm³/mol. The number of aromatic hydroxyl groups is 1. The fraction of sp³-hybridized carbons (Fsp3) is 0. The Morgan fingerprint density at radius 3 is 2.92 bits per heavy atom. The molecule has 0 aliphatic carbocycles. The van der Waals surface area contributed by atoms with Gasteiger partial charge in [-0.15, -0.1) is 0 Å². The van der Waals surface area contributed by atoms with Crippen LogP contribution in [0.1, 0.15) is 0 Å². The van der Waals surface area contributed by atoms with Crippen LogP contribution in [-0.4, -0.2) is 10.3 Å². The SMILES string of the molecule is Nc1cc(O)c(N)c2c1no[n+]2[O-]. The van der Waals surface area contributed by atoms with Gasteiger partial charge in [0.15, 0.2) is 0 Å². The average Bonchev–Trinajstić information content (AvgIpc) is 2.44. The number of nitrogen functional groups attached to an aromatic ring is 2. The van der Waals surface area contributed by atoms with Crippen molar-refractivity contribution in [2.45, 2.75) is 0 Å². The number of hydrogen-bond acceptors (Lipinski definition) is 6. The van der Waals surface area contributed by atoms with Gasteiger partial charge in [0.1, 0.15) is 11.4 Å². The van der Waals surface area contributed by atoms with E-state index in [1.165, 1.54) is 6.07 Å². The molecule has 0 atom stereocenters. The Bertz CT molecular complexity index is 478. The van der Waals surface area contributed by atoms with Gasteiger partial charge in [0, 0.05) is 11.2 Å². The quantitative estimate of drug-likeness (QED) is 0.282. The fourth-order valence-corrected chi connectivity index (χ4v) is 1.08. The smallest absolute Gasteiger partial charge is 0.273 e. The van der Waals surface area contributed by atoms with Crippen molar-refractivity contribution in [3.63, 3.8) is 0 Å². The largest absolute Gasteiger partial charge is 0.506 e. The van der Waals surface area contributed by atoms with Gasteiger partial charge < -0.3 is 21.8 Å². The molecule has 0 saturated carbocycles. The Balaban J connectivity index is 3.00. The Morgan fingerprint density at radius 2 is 2.23 bits per heavy atom. The molecule has 0 aliphatic rings. The molecule has 1 aromatic carbocycles. The van der Waals surface area contributed by atoms with E-state index in [0.29, 0.717) is 0 Å². The van der Waals surface area contributed by atoms with E-state index < -0.39 is 0 Å². The molecular weight excluding hydrogens is 176 g/mol. The highest BCUT2D eigenvalue weighted by Crippen LogP contribution is 2.30. The van der Waals surface area contributed by atoms with Crippen molar-refractivity contribution in [3.8, 4) is 5.75 Å². The topological polar surface area (TPSA) is 125 Å². The summed E-state index contributed by atoms with van der Waals surface area (Å²) in [5.74, 6) is -0.266. The van der Waals surface area contributed by atoms with E-state index in [4.69, 9.17) is 11.5 Å². The molecule has 0 spiro atoms. The van der Waals surface area contributed by atoms with E-state index in [1.54, 1.807) is 0 Å². The zero-order chi connectivity index (χ0) is 9.59. The molecule has 0 saturated heterocycles. The number of fused-ring (bicyclic) bond motifs is 1. The van der Waals surface area contributed by atoms with E-state index in [1.807, 2.05) is 0 Å². The minimum absolute atomic E-state index is 0.0579. The lowest BCUT2D eigenvalue weighted by atomic mass is 10.2. The molecule has 0 amide bonds. The Kier molecular flexibility index (Phi) is 1.24. The molecule has 5 N–H and O–H groups in total. The summed E-state index contributed by atoms with van der Waals surface area (Å²) in [6, 6.07) is 1.21. The van der Waals surface area contributed by atoms with Crippen molar-refractivity contribution in [2.75, 3.05) is 11.5 Å². The van der Waals surface area contributed by atoms with Crippen LogP contribution < -0.4 is 16.4 Å². The number of phenolic OH excluding ortho intramolecular Hbond substituents is 1. The van der Waals surface area contributed by atoms with E-state index in [0.717, 1.165) is 0 Å². The summed E-state index contributed by atoms with van der Waals surface area (Å²) in [5.41, 5.74) is 11.0. The first kappa shape index (κ1) is 7.47. The number of rotatable bonds is 0. The molecule has 0 bridgehead atoms. The van der Waals surface area contributed by atoms with Crippen LogP contribution in [0.3, 0.4) is 0 Å². The van der Waals surface area contributed by atoms with Gasteiger partial charge in [0.05, 0.1) is 5.69 Å². The molecule has 0 radical (unpaired) electrons. The second-order valence-corrected chi connectivity index (χ2v) is 2.53. The lowest BCUT2D eigenvalue weighted by Gasteiger charge is -1.98. The second kappa shape index (κ2) is 2.16. The van der Waals surface area contributed by atoms with Crippen LogP contribution in [-0.2, 0) is 0 Å². The van der Waals surface area contributed by atoms with Gasteiger partial charge in [-0.25, -0.2) is 0 Å². The van der Waals surface area contributed by atoms with Crippen molar-refractivity contribution in [3.05, 3.63) is 11.3 Å². The van der Waals surface area contributed by atoms with E-state index in [9.17, 15) is 10.3 Å². The third-order valence-corrected chi connectivity index (χ3v) is 1.71. The standard InChI is InChI=1S/C6H6N4O3/c7-2-1-3(11)4(8)6-5(2)9-13-10(6)12/h1,11H,7-8H2. The molecule has 7 nitrogen and oxygen atoms in total. The van der Waals surface area contributed by atoms with Crippen molar-refractivity contribution < 1.29 is 14.6 Å². The lowest BCUT2D eigenvalue weighted by Crippen LogP contribution is -2.23. The summed E-state index contributed by atoms with van der Waals surface area (Å²) >= 11 is 0. The normalized spacial score (nSPS) is 10.8. The summed E-state index contributed by atoms with van der Waals surface area (Å²) < 4.78 is 4.27. The van der Waals surface area contributed by atoms with Gasteiger partial charge in [-0.2, -0.15) is 0 Å². The zero-order valence-corrected chi connectivity index (χ0v) is 6.39. The molecule has 0 fully saturated rings. The predicted octanol–water partition coefficient (Wildman–Crippen LogP) is -0.669. The van der Waals surface area contributed by atoms with Gasteiger partial charge >= 0.3 is 0 Å². The minimum Gasteiger partial charge on any atom is -0.506 e. The third kappa shape index (κ3) is 0.835. The van der Waals surface area contributed by atoms with Crippen LogP contribution >= 0.6 is 0 Å². The summed E-state index contributed by atoms with van der Waals surface area (Å²) in [7, 11) is 0. The van der Waals surface area contributed by atoms with Crippen LogP contribution in [0.2, 0.25) is 0 Å². The zero-order valence-electron chi connectivity index (χ0n) is 6.39. The van der Waals surface area contributed by atoms with Crippen LogP contribution in [0.25, 0.3) is 11.0 Å². The highest BCUT2D eigenvalue weighted by atomic mass is 16.8. The molecule has 68 valence electrons. The van der Waals surface area contributed by atoms with Crippen LogP contribution in [0.15, 0.2) is 10.7 Å². The van der Waals surface area contributed by atoms with Gasteiger partial charge in [0.2, 0.25) is 0 Å². The van der Waals surface area contributed by atoms with Crippen LogP contribution in [0, 0.1) is 5.21 Å². The average molecular weight is 182 g/mol. The van der Waals surface area contributed by atoms with Gasteiger partial charge in [-0.1, -0.05) is 0 Å². The lowest BCUT2D eigenvalue weighted by molar-refractivity contribution is -0.781. The first-order chi connectivity index (χ1) is 6.11. The van der Waals surface area contributed by atoms with Crippen molar-refractivity contribution in [2.24, 2.45) is 0 Å². The summed E-state index contributed by atoms with van der Waals surface area (Å²) in [6.07, 6.45) is 0. The summed E-state index contributed by atoms with van der Waals surface area (Å²) in [4.78, 5) is 0.0980. The minimum atomic E-state index is -0.266. The number of aromatic nitrogens is 2. The number of nitrogens with zero attached hydrogens (tertiary/aromatic N) is 2. The second-order valence-electron chi connectivity index (χ2n) is 2.53. The number of benzene rings is 1. The maximum Gasteiger partial charge on any atom is 0.273 e. The van der Waals surface area contributed by atoms with E-state index in [-0.39, 0.29) is 33.1 Å². The molecule has 0 aliphatic heterocycles. The maximum absolute atomic E-state index is 10.9. The Labute approximate surface area is 71.7 Å². The Hall–Kier alpha value is -2.18.